The Hall–Kier alpha value is -3.41. The van der Waals surface area contributed by atoms with Crippen LogP contribution in [0.25, 0.3) is 5.82 Å². The lowest BCUT2D eigenvalue weighted by atomic mass is 9.97. The van der Waals surface area contributed by atoms with E-state index in [1.807, 2.05) is 6.07 Å². The lowest BCUT2D eigenvalue weighted by Gasteiger charge is -2.34. The predicted octanol–water partition coefficient (Wildman–Crippen LogP) is 4.65. The van der Waals surface area contributed by atoms with E-state index in [1.165, 1.54) is 30.1 Å². The molecule has 3 aromatic rings. The zero-order valence-corrected chi connectivity index (χ0v) is 26.5. The highest BCUT2D eigenvalue weighted by Gasteiger charge is 2.39. The van der Waals surface area contributed by atoms with Crippen LogP contribution in [-0.4, -0.2) is 57.1 Å². The van der Waals surface area contributed by atoms with E-state index in [1.54, 1.807) is 37.0 Å². The molecule has 2 aliphatic rings. The van der Waals surface area contributed by atoms with Gasteiger partial charge in [-0.25, -0.2) is 22.8 Å². The molecule has 1 saturated heterocycles. The van der Waals surface area contributed by atoms with Crippen molar-refractivity contribution in [2.24, 2.45) is 24.8 Å². The van der Waals surface area contributed by atoms with Crippen LogP contribution in [0.3, 0.4) is 0 Å². The average molecular weight is 598 g/mol. The van der Waals surface area contributed by atoms with E-state index >= 15 is 0 Å². The molecule has 1 aliphatic heterocycles. The first kappa shape index (κ1) is 30.1. The van der Waals surface area contributed by atoms with Crippen LogP contribution in [0, 0.1) is 24.7 Å². The SMILES string of the molecule is Cc1nn(C)cc1S(=O)(=O)NC(=O)c1ccc(-n2ccc(OC(C)C[C@H]3CC[C@H](C)C3)n2)nc1N1C[C@@H](C)CC1(C)C. The molecule has 5 rings (SSSR count). The Kier molecular flexibility index (Phi) is 8.12. The molecular formula is C30H43N7O4S. The molecule has 1 unspecified atom stereocenters. The third kappa shape index (κ3) is 6.33. The standard InChI is InChI=1S/C30H43N7O4S/c1-19-8-9-23(14-19)15-21(3)41-27-12-13-37(33-27)26-11-10-24(28(31-26)36-17-20(2)16-30(36,5)6)29(38)34-42(39,40)25-18-35(7)32-22(25)4/h10-13,18-21,23H,8-9,14-17H2,1-7H3,(H,34,38)/t19-,20-,21?,23-/m0/s1. The molecule has 1 saturated carbocycles. The summed E-state index contributed by atoms with van der Waals surface area (Å²) < 4.78 is 37.7. The maximum atomic E-state index is 13.5. The van der Waals surface area contributed by atoms with Crippen LogP contribution in [0.15, 0.2) is 35.5 Å². The highest BCUT2D eigenvalue weighted by Crippen LogP contribution is 2.38. The number of pyridine rings is 1. The number of aryl methyl sites for hydroxylation is 2. The van der Waals surface area contributed by atoms with Gasteiger partial charge in [0.05, 0.1) is 17.4 Å². The number of hydrogen-bond acceptors (Lipinski definition) is 8. The second-order valence-electron chi connectivity index (χ2n) is 13.0. The topological polar surface area (TPSA) is 124 Å². The van der Waals surface area contributed by atoms with E-state index in [9.17, 15) is 13.2 Å². The minimum absolute atomic E-state index is 0.0413. The monoisotopic (exact) mass is 597 g/mol. The van der Waals surface area contributed by atoms with Gasteiger partial charge in [-0.2, -0.15) is 5.10 Å². The van der Waals surface area contributed by atoms with Crippen molar-refractivity contribution in [3.05, 3.63) is 41.9 Å². The third-order valence-corrected chi connectivity index (χ3v) is 9.94. The molecule has 11 nitrogen and oxygen atoms in total. The number of carbonyl (C=O) groups excluding carboxylic acids is 1. The van der Waals surface area contributed by atoms with Crippen molar-refractivity contribution in [1.82, 2.24) is 29.3 Å². The maximum Gasteiger partial charge on any atom is 0.268 e. The molecular weight excluding hydrogens is 554 g/mol. The van der Waals surface area contributed by atoms with Crippen molar-refractivity contribution in [2.75, 3.05) is 11.4 Å². The second-order valence-corrected chi connectivity index (χ2v) is 14.7. The molecule has 1 amide bonds. The average Bonchev–Trinajstić information content (AvgIpc) is 3.66. The van der Waals surface area contributed by atoms with Crippen molar-refractivity contribution >= 4 is 21.7 Å². The number of rotatable bonds is 9. The van der Waals surface area contributed by atoms with E-state index in [0.717, 1.165) is 18.8 Å². The molecule has 2 fully saturated rings. The zero-order valence-electron chi connectivity index (χ0n) is 25.7. The number of nitrogens with zero attached hydrogens (tertiary/aromatic N) is 6. The Bertz CT molecular complexity index is 1560. The molecule has 12 heteroatoms. The fourth-order valence-electron chi connectivity index (χ4n) is 6.74. The Morgan fingerprint density at radius 3 is 2.55 bits per heavy atom. The fourth-order valence-corrected chi connectivity index (χ4v) is 7.93. The maximum absolute atomic E-state index is 13.5. The van der Waals surface area contributed by atoms with Gasteiger partial charge in [-0.05, 0) is 76.8 Å². The molecule has 3 aromatic heterocycles. The summed E-state index contributed by atoms with van der Waals surface area (Å²) in [6, 6.07) is 5.11. The van der Waals surface area contributed by atoms with Crippen LogP contribution >= 0.6 is 0 Å². The molecule has 4 heterocycles. The fraction of sp³-hybridized carbons (Fsp3) is 0.600. The molecule has 0 spiro atoms. The first-order valence-corrected chi connectivity index (χ1v) is 16.3. The van der Waals surface area contributed by atoms with Crippen LogP contribution in [0.1, 0.15) is 82.8 Å². The summed E-state index contributed by atoms with van der Waals surface area (Å²) in [5.41, 5.74) is 0.198. The van der Waals surface area contributed by atoms with E-state index in [2.05, 4.69) is 54.4 Å². The van der Waals surface area contributed by atoms with Gasteiger partial charge in [0.1, 0.15) is 10.7 Å². The van der Waals surface area contributed by atoms with Crippen LogP contribution in [-0.2, 0) is 17.1 Å². The first-order chi connectivity index (χ1) is 19.7. The molecule has 4 atom stereocenters. The number of anilines is 1. The van der Waals surface area contributed by atoms with Crippen molar-refractivity contribution in [3.63, 3.8) is 0 Å². The Labute approximate surface area is 248 Å². The number of aromatic nitrogens is 5. The second kappa shape index (κ2) is 11.3. The zero-order chi connectivity index (χ0) is 30.4. The van der Waals surface area contributed by atoms with Gasteiger partial charge in [0.2, 0.25) is 5.88 Å². The molecule has 0 radical (unpaired) electrons. The normalized spacial score (nSPS) is 22.8. The summed E-state index contributed by atoms with van der Waals surface area (Å²) in [4.78, 5) is 20.5. The van der Waals surface area contributed by atoms with Crippen molar-refractivity contribution in [3.8, 4) is 11.7 Å². The minimum Gasteiger partial charge on any atom is -0.474 e. The number of ether oxygens (including phenoxy) is 1. The number of amides is 1. The number of carbonyl (C=O) groups is 1. The van der Waals surface area contributed by atoms with Crippen LogP contribution in [0.4, 0.5) is 5.82 Å². The van der Waals surface area contributed by atoms with E-state index in [-0.39, 0.29) is 22.1 Å². The van der Waals surface area contributed by atoms with Crippen molar-refractivity contribution in [1.29, 1.82) is 0 Å². The quantitative estimate of drug-likeness (QED) is 0.378. The Morgan fingerprint density at radius 2 is 1.93 bits per heavy atom. The molecule has 42 heavy (non-hydrogen) atoms. The van der Waals surface area contributed by atoms with Gasteiger partial charge in [-0.1, -0.05) is 26.7 Å². The third-order valence-electron chi connectivity index (χ3n) is 8.51. The summed E-state index contributed by atoms with van der Waals surface area (Å²) in [7, 11) is -2.51. The number of hydrogen-bond donors (Lipinski definition) is 1. The van der Waals surface area contributed by atoms with Gasteiger partial charge in [0, 0.05) is 37.6 Å². The summed E-state index contributed by atoms with van der Waals surface area (Å²) >= 11 is 0. The van der Waals surface area contributed by atoms with Crippen LogP contribution in [0.2, 0.25) is 0 Å². The highest BCUT2D eigenvalue weighted by atomic mass is 32.2. The lowest BCUT2D eigenvalue weighted by molar-refractivity contribution is 0.0981. The largest absolute Gasteiger partial charge is 0.474 e. The van der Waals surface area contributed by atoms with Crippen LogP contribution in [0.5, 0.6) is 5.88 Å². The molecule has 1 N–H and O–H groups in total. The first-order valence-electron chi connectivity index (χ1n) is 14.8. The molecule has 228 valence electrons. The summed E-state index contributed by atoms with van der Waals surface area (Å²) in [6.07, 6.45) is 8.93. The highest BCUT2D eigenvalue weighted by molar-refractivity contribution is 7.90. The van der Waals surface area contributed by atoms with Crippen molar-refractivity contribution in [2.45, 2.75) is 90.2 Å². The Morgan fingerprint density at radius 1 is 1.17 bits per heavy atom. The van der Waals surface area contributed by atoms with E-state index in [4.69, 9.17) is 9.72 Å². The van der Waals surface area contributed by atoms with Gasteiger partial charge in [0.25, 0.3) is 15.9 Å². The molecule has 0 aromatic carbocycles. The smallest absolute Gasteiger partial charge is 0.268 e. The van der Waals surface area contributed by atoms with Gasteiger partial charge in [0.15, 0.2) is 5.82 Å². The van der Waals surface area contributed by atoms with Gasteiger partial charge in [-0.15, -0.1) is 5.10 Å². The predicted molar refractivity (Wildman–Crippen MR) is 160 cm³/mol. The van der Waals surface area contributed by atoms with E-state index in [0.29, 0.717) is 41.6 Å². The molecule has 1 aliphatic carbocycles. The van der Waals surface area contributed by atoms with Gasteiger partial charge < -0.3 is 9.64 Å². The van der Waals surface area contributed by atoms with E-state index < -0.39 is 15.9 Å². The summed E-state index contributed by atoms with van der Waals surface area (Å²) in [5, 5.41) is 8.73. The summed E-state index contributed by atoms with van der Waals surface area (Å²) in [6.45, 7) is 13.0. The summed E-state index contributed by atoms with van der Waals surface area (Å²) in [5.74, 6) is 2.55. The Balaban J connectivity index is 1.42. The number of nitrogens with one attached hydrogen (secondary N) is 1. The molecule has 0 bridgehead atoms. The number of sulfonamides is 1. The van der Waals surface area contributed by atoms with Gasteiger partial charge >= 0.3 is 0 Å². The van der Waals surface area contributed by atoms with Crippen LogP contribution < -0.4 is 14.4 Å². The lowest BCUT2D eigenvalue weighted by Crippen LogP contribution is -2.41. The van der Waals surface area contributed by atoms with Crippen molar-refractivity contribution < 1.29 is 17.9 Å². The minimum atomic E-state index is -4.14. The van der Waals surface area contributed by atoms with Gasteiger partial charge in [-0.3, -0.25) is 9.48 Å².